The Balaban J connectivity index is 1.34. The Labute approximate surface area is 237 Å². The van der Waals surface area contributed by atoms with E-state index in [1.807, 2.05) is 53.4 Å². The van der Waals surface area contributed by atoms with Crippen molar-refractivity contribution in [3.05, 3.63) is 114 Å². The summed E-state index contributed by atoms with van der Waals surface area (Å²) in [5.74, 6) is -0.564. The number of benzene rings is 3. The minimum absolute atomic E-state index is 0.0190. The molecule has 1 amide bonds. The minimum Gasteiger partial charge on any atom is -0.357 e. The zero-order chi connectivity index (χ0) is 28.6. The Morgan fingerprint density at radius 3 is 2.54 bits per heavy atom. The normalized spacial score (nSPS) is 17.8. The van der Waals surface area contributed by atoms with Crippen LogP contribution in [0.25, 0.3) is 0 Å². The molecule has 2 heterocycles. The van der Waals surface area contributed by atoms with Crippen molar-refractivity contribution in [2.45, 2.75) is 39.3 Å². The Hall–Kier alpha value is -4.79. The molecule has 9 heteroatoms. The van der Waals surface area contributed by atoms with Gasteiger partial charge in [-0.15, -0.1) is 0 Å². The van der Waals surface area contributed by atoms with Gasteiger partial charge in [0.1, 0.15) is 18.5 Å². The molecule has 0 spiro atoms. The summed E-state index contributed by atoms with van der Waals surface area (Å²) in [4.78, 5) is 33.2. The predicted molar refractivity (Wildman–Crippen MR) is 156 cm³/mol. The molecule has 2 aliphatic rings. The first-order valence-corrected chi connectivity index (χ1v) is 13.6. The maximum Gasteiger partial charge on any atom is 0.243 e. The third-order valence-electron chi connectivity index (χ3n) is 7.55. The van der Waals surface area contributed by atoms with Gasteiger partial charge in [0, 0.05) is 23.4 Å². The van der Waals surface area contributed by atoms with Gasteiger partial charge in [-0.1, -0.05) is 50.2 Å². The van der Waals surface area contributed by atoms with E-state index in [0.717, 1.165) is 28.2 Å². The van der Waals surface area contributed by atoms with Gasteiger partial charge >= 0.3 is 0 Å². The van der Waals surface area contributed by atoms with E-state index in [4.69, 9.17) is 0 Å². The topological polar surface area (TPSA) is 92.2 Å². The van der Waals surface area contributed by atoms with Crippen molar-refractivity contribution in [2.75, 3.05) is 22.1 Å². The number of carbonyl (C=O) groups is 2. The van der Waals surface area contributed by atoms with E-state index in [0.29, 0.717) is 30.6 Å². The summed E-state index contributed by atoms with van der Waals surface area (Å²) < 4.78 is 15.7. The van der Waals surface area contributed by atoms with Gasteiger partial charge in [-0.25, -0.2) is 14.1 Å². The van der Waals surface area contributed by atoms with Crippen LogP contribution in [0.1, 0.15) is 43.9 Å². The number of amides is 1. The van der Waals surface area contributed by atoms with Crippen molar-refractivity contribution in [1.29, 1.82) is 0 Å². The molecule has 0 saturated heterocycles. The van der Waals surface area contributed by atoms with E-state index in [9.17, 15) is 14.0 Å². The van der Waals surface area contributed by atoms with E-state index >= 15 is 0 Å². The number of hydrogen-bond donors (Lipinski definition) is 2. The summed E-state index contributed by atoms with van der Waals surface area (Å²) in [5, 5.41) is 10.7. The molecular formula is C32H31FN6O2. The molecule has 1 atom stereocenters. The molecule has 4 aromatic rings. The molecule has 208 valence electrons. The second-order valence-electron chi connectivity index (χ2n) is 11.4. The Kier molecular flexibility index (Phi) is 6.86. The van der Waals surface area contributed by atoms with Crippen LogP contribution in [0.15, 0.2) is 96.7 Å². The lowest BCUT2D eigenvalue weighted by molar-refractivity contribution is -0.119. The number of Topliss-reactive ketones (excluding diaryl/α,β-unsaturated/α-hetero) is 1. The molecule has 0 radical (unpaired) electrons. The van der Waals surface area contributed by atoms with Crippen molar-refractivity contribution in [1.82, 2.24) is 14.8 Å². The summed E-state index contributed by atoms with van der Waals surface area (Å²) in [7, 11) is 0. The molecular weight excluding hydrogens is 519 g/mol. The molecule has 0 saturated carbocycles. The number of nitrogens with one attached hydrogen (secondary N) is 2. The highest BCUT2D eigenvalue weighted by Crippen LogP contribution is 2.48. The maximum absolute atomic E-state index is 14.0. The van der Waals surface area contributed by atoms with Crippen LogP contribution in [0.3, 0.4) is 0 Å². The van der Waals surface area contributed by atoms with Crippen molar-refractivity contribution in [3.8, 4) is 0 Å². The molecule has 1 aliphatic carbocycles. The van der Waals surface area contributed by atoms with Crippen LogP contribution >= 0.6 is 0 Å². The van der Waals surface area contributed by atoms with Crippen LogP contribution in [0.4, 0.5) is 21.5 Å². The van der Waals surface area contributed by atoms with Crippen LogP contribution < -0.4 is 15.5 Å². The average molecular weight is 551 g/mol. The van der Waals surface area contributed by atoms with Gasteiger partial charge in [0.2, 0.25) is 5.91 Å². The Bertz CT molecular complexity index is 1610. The van der Waals surface area contributed by atoms with Gasteiger partial charge in [-0.05, 0) is 59.4 Å². The van der Waals surface area contributed by atoms with E-state index in [1.165, 1.54) is 18.5 Å². The Morgan fingerprint density at radius 2 is 1.80 bits per heavy atom. The number of nitrogens with zero attached hydrogens (tertiary/aromatic N) is 4. The summed E-state index contributed by atoms with van der Waals surface area (Å²) in [6.07, 6.45) is 4.22. The standard InChI is InChI=1S/C32H31FN6O2/c1-32(2)15-26-30(28(40)16-32)31(22-9-11-23(33)12-10-22)39(27-6-4-3-5-25(27)37-26)18-29(41)36-24-13-7-21(8-14-24)17-38-20-34-19-35-38/h3-14,19-20,31,37H,15-18H2,1-2H3,(H,36,41). The number of rotatable bonds is 6. The van der Waals surface area contributed by atoms with Crippen LogP contribution in [0, 0.1) is 11.2 Å². The van der Waals surface area contributed by atoms with Gasteiger partial charge in [-0.3, -0.25) is 9.59 Å². The SMILES string of the molecule is CC1(C)CC(=O)C2=C(C1)Nc1ccccc1N(CC(=O)Nc1ccc(Cn3cncn3)cc1)C2c1ccc(F)cc1. The molecule has 41 heavy (non-hydrogen) atoms. The highest BCUT2D eigenvalue weighted by atomic mass is 19.1. The lowest BCUT2D eigenvalue weighted by atomic mass is 9.73. The lowest BCUT2D eigenvalue weighted by Crippen LogP contribution is -2.40. The molecule has 1 aliphatic heterocycles. The molecule has 2 N–H and O–H groups in total. The first-order chi connectivity index (χ1) is 19.8. The number of fused-ring (bicyclic) bond motifs is 1. The number of anilines is 3. The number of allylic oxidation sites excluding steroid dienone is 1. The zero-order valence-corrected chi connectivity index (χ0v) is 23.0. The number of ketones is 1. The molecule has 3 aromatic carbocycles. The smallest absolute Gasteiger partial charge is 0.243 e. The Morgan fingerprint density at radius 1 is 1.05 bits per heavy atom. The first-order valence-electron chi connectivity index (χ1n) is 13.6. The molecule has 0 fully saturated rings. The predicted octanol–water partition coefficient (Wildman–Crippen LogP) is 5.72. The van der Waals surface area contributed by atoms with Crippen molar-refractivity contribution in [2.24, 2.45) is 5.41 Å². The molecule has 8 nitrogen and oxygen atoms in total. The second-order valence-corrected chi connectivity index (χ2v) is 11.4. The number of carbonyl (C=O) groups excluding carboxylic acids is 2. The maximum atomic E-state index is 14.0. The lowest BCUT2D eigenvalue weighted by Gasteiger charge is -2.37. The number of hydrogen-bond acceptors (Lipinski definition) is 6. The van der Waals surface area contributed by atoms with Crippen molar-refractivity contribution < 1.29 is 14.0 Å². The number of para-hydroxylation sites is 2. The summed E-state index contributed by atoms with van der Waals surface area (Å²) in [6, 6.07) is 20.9. The summed E-state index contributed by atoms with van der Waals surface area (Å²) in [6.45, 7) is 4.73. The largest absolute Gasteiger partial charge is 0.357 e. The minimum atomic E-state index is -0.568. The van der Waals surface area contributed by atoms with Gasteiger partial charge < -0.3 is 15.5 Å². The van der Waals surface area contributed by atoms with Gasteiger partial charge in [0.05, 0.1) is 30.5 Å². The van der Waals surface area contributed by atoms with Gasteiger partial charge in [0.15, 0.2) is 5.78 Å². The monoisotopic (exact) mass is 550 g/mol. The van der Waals surface area contributed by atoms with Gasteiger partial charge in [0.25, 0.3) is 0 Å². The van der Waals surface area contributed by atoms with E-state index in [-0.39, 0.29) is 29.5 Å². The van der Waals surface area contributed by atoms with E-state index < -0.39 is 6.04 Å². The molecule has 6 rings (SSSR count). The highest BCUT2D eigenvalue weighted by molar-refractivity contribution is 6.02. The number of halogens is 1. The van der Waals surface area contributed by atoms with Crippen molar-refractivity contribution in [3.63, 3.8) is 0 Å². The molecule has 0 bridgehead atoms. The third-order valence-corrected chi connectivity index (χ3v) is 7.55. The molecule has 1 aromatic heterocycles. The fourth-order valence-electron chi connectivity index (χ4n) is 5.77. The molecule has 1 unspecified atom stereocenters. The highest BCUT2D eigenvalue weighted by Gasteiger charge is 2.41. The average Bonchev–Trinajstić information content (AvgIpc) is 3.40. The van der Waals surface area contributed by atoms with Crippen LogP contribution in [0.5, 0.6) is 0 Å². The summed E-state index contributed by atoms with van der Waals surface area (Å²) in [5.41, 5.74) is 5.30. The quantitative estimate of drug-likeness (QED) is 0.319. The van der Waals surface area contributed by atoms with Crippen molar-refractivity contribution >= 4 is 28.8 Å². The fraction of sp³-hybridized carbons (Fsp3) is 0.250. The van der Waals surface area contributed by atoms with E-state index in [1.54, 1.807) is 23.1 Å². The van der Waals surface area contributed by atoms with Crippen LogP contribution in [-0.2, 0) is 16.1 Å². The zero-order valence-electron chi connectivity index (χ0n) is 23.0. The third kappa shape index (κ3) is 5.61. The first kappa shape index (κ1) is 26.4. The number of aromatic nitrogens is 3. The van der Waals surface area contributed by atoms with Crippen LogP contribution in [0.2, 0.25) is 0 Å². The van der Waals surface area contributed by atoms with E-state index in [2.05, 4.69) is 34.6 Å². The van der Waals surface area contributed by atoms with Gasteiger partial charge in [-0.2, -0.15) is 5.10 Å². The fourth-order valence-corrected chi connectivity index (χ4v) is 5.77. The summed E-state index contributed by atoms with van der Waals surface area (Å²) >= 11 is 0. The van der Waals surface area contributed by atoms with Crippen LogP contribution in [-0.4, -0.2) is 33.0 Å². The second kappa shape index (κ2) is 10.6.